The number of hydrogen-bond acceptors (Lipinski definition) is 3. The van der Waals surface area contributed by atoms with E-state index in [-0.39, 0.29) is 5.56 Å². The van der Waals surface area contributed by atoms with E-state index in [1.54, 1.807) is 12.1 Å². The molecule has 0 heterocycles. The maximum Gasteiger partial charge on any atom is 0.335 e. The van der Waals surface area contributed by atoms with Gasteiger partial charge in [0.25, 0.3) is 0 Å². The van der Waals surface area contributed by atoms with Crippen molar-refractivity contribution in [2.24, 2.45) is 10.2 Å². The minimum absolute atomic E-state index is 0.204. The Kier molecular flexibility index (Phi) is 3.48. The number of carboxylic acids is 1. The van der Waals surface area contributed by atoms with Gasteiger partial charge in [-0.15, -0.1) is 0 Å². The Morgan fingerprint density at radius 1 is 1.00 bits per heavy atom. The van der Waals surface area contributed by atoms with Gasteiger partial charge in [-0.1, -0.05) is 23.8 Å². The van der Waals surface area contributed by atoms with Crippen LogP contribution in [0.5, 0.6) is 0 Å². The number of aryl methyl sites for hydroxylation is 1. The van der Waals surface area contributed by atoms with Crippen LogP contribution in [0.1, 0.15) is 15.9 Å². The first-order valence-corrected chi connectivity index (χ1v) is 5.47. The van der Waals surface area contributed by atoms with Crippen molar-refractivity contribution in [1.82, 2.24) is 0 Å². The maximum absolute atomic E-state index is 10.8. The molecule has 0 spiro atoms. The van der Waals surface area contributed by atoms with Crippen LogP contribution >= 0.6 is 0 Å². The molecule has 0 bridgehead atoms. The number of rotatable bonds is 3. The zero-order valence-corrected chi connectivity index (χ0v) is 9.87. The molecule has 0 aromatic heterocycles. The summed E-state index contributed by atoms with van der Waals surface area (Å²) in [5.74, 6) is -0.970. The SMILES string of the molecule is Cc1ccc(N=Nc2cccc(C(=O)O)c2)cc1. The molecule has 2 rings (SSSR count). The second-order valence-corrected chi connectivity index (χ2v) is 3.89. The van der Waals surface area contributed by atoms with Crippen molar-refractivity contribution < 1.29 is 9.90 Å². The summed E-state index contributed by atoms with van der Waals surface area (Å²) in [6.07, 6.45) is 0. The predicted octanol–water partition coefficient (Wildman–Crippen LogP) is 4.11. The molecule has 0 aliphatic rings. The van der Waals surface area contributed by atoms with Gasteiger partial charge in [-0.25, -0.2) is 4.79 Å². The van der Waals surface area contributed by atoms with Crippen LogP contribution in [0.15, 0.2) is 58.8 Å². The van der Waals surface area contributed by atoms with Crippen molar-refractivity contribution >= 4 is 17.3 Å². The van der Waals surface area contributed by atoms with Crippen molar-refractivity contribution in [1.29, 1.82) is 0 Å². The minimum atomic E-state index is -0.970. The second-order valence-electron chi connectivity index (χ2n) is 3.89. The van der Waals surface area contributed by atoms with Crippen LogP contribution in [-0.4, -0.2) is 11.1 Å². The van der Waals surface area contributed by atoms with Crippen LogP contribution in [0, 0.1) is 6.92 Å². The molecule has 0 saturated carbocycles. The highest BCUT2D eigenvalue weighted by Gasteiger charge is 2.02. The third kappa shape index (κ3) is 3.01. The van der Waals surface area contributed by atoms with Gasteiger partial charge in [-0.2, -0.15) is 10.2 Å². The van der Waals surface area contributed by atoms with Crippen LogP contribution in [0.4, 0.5) is 11.4 Å². The normalized spacial score (nSPS) is 10.7. The minimum Gasteiger partial charge on any atom is -0.478 e. The first-order chi connectivity index (χ1) is 8.65. The molecule has 2 aromatic rings. The molecule has 0 atom stereocenters. The van der Waals surface area contributed by atoms with E-state index in [0.29, 0.717) is 5.69 Å². The van der Waals surface area contributed by atoms with Gasteiger partial charge in [-0.3, -0.25) is 0 Å². The number of aromatic carboxylic acids is 1. The lowest BCUT2D eigenvalue weighted by molar-refractivity contribution is 0.0697. The Labute approximate surface area is 105 Å². The molecular weight excluding hydrogens is 228 g/mol. The van der Waals surface area contributed by atoms with Gasteiger partial charge in [0.15, 0.2) is 0 Å². The van der Waals surface area contributed by atoms with Crippen LogP contribution in [-0.2, 0) is 0 Å². The van der Waals surface area contributed by atoms with Gasteiger partial charge >= 0.3 is 5.97 Å². The molecule has 0 fully saturated rings. The first kappa shape index (κ1) is 12.0. The van der Waals surface area contributed by atoms with E-state index in [1.807, 2.05) is 31.2 Å². The molecule has 4 nitrogen and oxygen atoms in total. The van der Waals surface area contributed by atoms with Crippen molar-refractivity contribution in [3.63, 3.8) is 0 Å². The fourth-order valence-electron chi connectivity index (χ4n) is 1.43. The molecule has 18 heavy (non-hydrogen) atoms. The highest BCUT2D eigenvalue weighted by Crippen LogP contribution is 2.19. The topological polar surface area (TPSA) is 62.0 Å². The summed E-state index contributed by atoms with van der Waals surface area (Å²) >= 11 is 0. The summed E-state index contributed by atoms with van der Waals surface area (Å²) in [5, 5.41) is 16.9. The molecule has 2 aromatic carbocycles. The quantitative estimate of drug-likeness (QED) is 0.820. The van der Waals surface area contributed by atoms with Crippen molar-refractivity contribution in [2.45, 2.75) is 6.92 Å². The van der Waals surface area contributed by atoms with E-state index in [2.05, 4.69) is 10.2 Å². The second kappa shape index (κ2) is 5.23. The number of benzene rings is 2. The Morgan fingerprint density at radius 2 is 1.67 bits per heavy atom. The Bertz CT molecular complexity index is 589. The fraction of sp³-hybridized carbons (Fsp3) is 0.0714. The molecule has 0 unspecified atom stereocenters. The summed E-state index contributed by atoms with van der Waals surface area (Å²) in [6, 6.07) is 14.0. The highest BCUT2D eigenvalue weighted by atomic mass is 16.4. The van der Waals surface area contributed by atoms with Gasteiger partial charge in [0.2, 0.25) is 0 Å². The average Bonchev–Trinajstić information content (AvgIpc) is 2.38. The van der Waals surface area contributed by atoms with E-state index in [1.165, 1.54) is 12.1 Å². The zero-order valence-electron chi connectivity index (χ0n) is 9.87. The summed E-state index contributed by atoms with van der Waals surface area (Å²) in [5.41, 5.74) is 2.62. The molecule has 0 saturated heterocycles. The fourth-order valence-corrected chi connectivity index (χ4v) is 1.43. The third-order valence-corrected chi connectivity index (χ3v) is 2.41. The van der Waals surface area contributed by atoms with Crippen LogP contribution in [0.2, 0.25) is 0 Å². The number of carbonyl (C=O) groups is 1. The molecule has 0 amide bonds. The van der Waals surface area contributed by atoms with Crippen molar-refractivity contribution in [3.05, 3.63) is 59.7 Å². The summed E-state index contributed by atoms with van der Waals surface area (Å²) < 4.78 is 0. The van der Waals surface area contributed by atoms with Gasteiger partial charge < -0.3 is 5.11 Å². The lowest BCUT2D eigenvalue weighted by Gasteiger charge is -1.96. The standard InChI is InChI=1S/C14H12N2O2/c1-10-5-7-12(8-6-10)15-16-13-4-2-3-11(9-13)14(17)18/h2-9H,1H3,(H,17,18). The molecule has 4 heteroatoms. The van der Waals surface area contributed by atoms with Crippen LogP contribution in [0.3, 0.4) is 0 Å². The van der Waals surface area contributed by atoms with Gasteiger partial charge in [-0.05, 0) is 37.3 Å². The zero-order chi connectivity index (χ0) is 13.0. The number of hydrogen-bond donors (Lipinski definition) is 1. The monoisotopic (exact) mass is 240 g/mol. The van der Waals surface area contributed by atoms with Gasteiger partial charge in [0, 0.05) is 0 Å². The van der Waals surface area contributed by atoms with Crippen molar-refractivity contribution in [2.75, 3.05) is 0 Å². The van der Waals surface area contributed by atoms with Crippen LogP contribution < -0.4 is 0 Å². The van der Waals surface area contributed by atoms with Gasteiger partial charge in [0.1, 0.15) is 0 Å². The largest absolute Gasteiger partial charge is 0.478 e. The Hall–Kier alpha value is -2.49. The summed E-state index contributed by atoms with van der Waals surface area (Å²) in [4.78, 5) is 10.8. The lowest BCUT2D eigenvalue weighted by Crippen LogP contribution is -1.94. The predicted molar refractivity (Wildman–Crippen MR) is 68.8 cm³/mol. The average molecular weight is 240 g/mol. The smallest absolute Gasteiger partial charge is 0.335 e. The summed E-state index contributed by atoms with van der Waals surface area (Å²) in [6.45, 7) is 2.00. The Morgan fingerprint density at radius 3 is 2.33 bits per heavy atom. The van der Waals surface area contributed by atoms with E-state index in [0.717, 1.165) is 11.3 Å². The van der Waals surface area contributed by atoms with Crippen LogP contribution in [0.25, 0.3) is 0 Å². The lowest BCUT2D eigenvalue weighted by atomic mass is 10.2. The summed E-state index contributed by atoms with van der Waals surface area (Å²) in [7, 11) is 0. The first-order valence-electron chi connectivity index (χ1n) is 5.47. The highest BCUT2D eigenvalue weighted by molar-refractivity contribution is 5.88. The number of carboxylic acid groups (broad SMARTS) is 1. The van der Waals surface area contributed by atoms with E-state index in [4.69, 9.17) is 5.11 Å². The molecular formula is C14H12N2O2. The third-order valence-electron chi connectivity index (χ3n) is 2.41. The van der Waals surface area contributed by atoms with Crippen molar-refractivity contribution in [3.8, 4) is 0 Å². The maximum atomic E-state index is 10.8. The van der Waals surface area contributed by atoms with E-state index in [9.17, 15) is 4.79 Å². The molecule has 0 aliphatic carbocycles. The molecule has 0 aliphatic heterocycles. The molecule has 90 valence electrons. The number of azo groups is 1. The molecule has 0 radical (unpaired) electrons. The Balaban J connectivity index is 2.20. The van der Waals surface area contributed by atoms with Gasteiger partial charge in [0.05, 0.1) is 16.9 Å². The van der Waals surface area contributed by atoms with E-state index < -0.39 is 5.97 Å². The number of nitrogens with zero attached hydrogens (tertiary/aromatic N) is 2. The van der Waals surface area contributed by atoms with E-state index >= 15 is 0 Å². The molecule has 1 N–H and O–H groups in total.